The van der Waals surface area contributed by atoms with Crippen LogP contribution in [0.5, 0.6) is 0 Å². The van der Waals surface area contributed by atoms with E-state index in [1.54, 1.807) is 35.4 Å². The zero-order valence-electron chi connectivity index (χ0n) is 16.2. The van der Waals surface area contributed by atoms with Gasteiger partial charge in [-0.25, -0.2) is 4.98 Å². The van der Waals surface area contributed by atoms with Gasteiger partial charge in [0.05, 0.1) is 13.2 Å². The molecule has 9 heteroatoms. The Morgan fingerprint density at radius 1 is 1.24 bits per heavy atom. The highest BCUT2D eigenvalue weighted by molar-refractivity contribution is 6.31. The molecule has 0 saturated carbocycles. The van der Waals surface area contributed by atoms with Crippen LogP contribution in [0.15, 0.2) is 30.5 Å². The van der Waals surface area contributed by atoms with Gasteiger partial charge in [0.25, 0.3) is 5.91 Å². The van der Waals surface area contributed by atoms with Crippen molar-refractivity contribution in [2.24, 2.45) is 5.73 Å². The monoisotopic (exact) mass is 416 g/mol. The summed E-state index contributed by atoms with van der Waals surface area (Å²) in [4.78, 5) is 25.7. The highest BCUT2D eigenvalue weighted by atomic mass is 35.5. The summed E-state index contributed by atoms with van der Waals surface area (Å²) in [6.45, 7) is 3.93. The average molecular weight is 417 g/mol. The lowest BCUT2D eigenvalue weighted by Crippen LogP contribution is -2.43. The standard InChI is InChI=1S/C20H25ClN6O2/c21-15-10-14(19(28)26-6-8-29-9-7-26)11-17(12-15)24-18-3-4-23-20(25-18)27-5-1-2-16(22)13-27/h3-4,10-12,16H,1-2,5-9,13,22H2,(H,23,24,25). The lowest BCUT2D eigenvalue weighted by molar-refractivity contribution is 0.0303. The average Bonchev–Trinajstić information content (AvgIpc) is 2.73. The summed E-state index contributed by atoms with van der Waals surface area (Å²) in [7, 11) is 0. The molecule has 2 aromatic rings. The molecule has 2 aliphatic heterocycles. The molecule has 0 aliphatic carbocycles. The first-order chi connectivity index (χ1) is 14.1. The summed E-state index contributed by atoms with van der Waals surface area (Å²) in [6.07, 6.45) is 3.77. The Labute approximate surface area is 175 Å². The molecule has 0 bridgehead atoms. The van der Waals surface area contributed by atoms with E-state index in [-0.39, 0.29) is 11.9 Å². The number of amides is 1. The molecule has 3 N–H and O–H groups in total. The van der Waals surface area contributed by atoms with Crippen molar-refractivity contribution in [2.45, 2.75) is 18.9 Å². The first-order valence-corrected chi connectivity index (χ1v) is 10.2. The number of carbonyl (C=O) groups excluding carboxylic acids is 1. The van der Waals surface area contributed by atoms with E-state index in [2.05, 4.69) is 20.2 Å². The summed E-state index contributed by atoms with van der Waals surface area (Å²) in [5, 5.41) is 3.73. The second-order valence-electron chi connectivity index (χ2n) is 7.35. The van der Waals surface area contributed by atoms with Crippen LogP contribution >= 0.6 is 11.6 Å². The molecule has 8 nitrogen and oxygen atoms in total. The van der Waals surface area contributed by atoms with Gasteiger partial charge >= 0.3 is 0 Å². The Bertz CT molecular complexity index is 874. The molecule has 1 atom stereocenters. The number of nitrogens with one attached hydrogen (secondary N) is 1. The number of carbonyl (C=O) groups is 1. The number of anilines is 3. The molecule has 1 aromatic carbocycles. The lowest BCUT2D eigenvalue weighted by Gasteiger charge is -2.30. The van der Waals surface area contributed by atoms with Gasteiger partial charge in [0.1, 0.15) is 5.82 Å². The summed E-state index contributed by atoms with van der Waals surface area (Å²) in [5.74, 6) is 1.24. The highest BCUT2D eigenvalue weighted by Gasteiger charge is 2.21. The minimum absolute atomic E-state index is 0.0514. The second-order valence-corrected chi connectivity index (χ2v) is 7.78. The smallest absolute Gasteiger partial charge is 0.254 e. The van der Waals surface area contributed by atoms with Gasteiger partial charge in [0.2, 0.25) is 5.95 Å². The third-order valence-corrected chi connectivity index (χ3v) is 5.32. The van der Waals surface area contributed by atoms with Crippen LogP contribution in [0.2, 0.25) is 5.02 Å². The van der Waals surface area contributed by atoms with Crippen LogP contribution in [0.3, 0.4) is 0 Å². The predicted molar refractivity (Wildman–Crippen MR) is 113 cm³/mol. The van der Waals surface area contributed by atoms with Gasteiger partial charge in [-0.3, -0.25) is 4.79 Å². The Kier molecular flexibility index (Phi) is 6.13. The Hall–Kier alpha value is -2.42. The summed E-state index contributed by atoms with van der Waals surface area (Å²) < 4.78 is 5.32. The molecule has 1 amide bonds. The Morgan fingerprint density at radius 3 is 2.86 bits per heavy atom. The van der Waals surface area contributed by atoms with E-state index >= 15 is 0 Å². The predicted octanol–water partition coefficient (Wildman–Crippen LogP) is 2.27. The van der Waals surface area contributed by atoms with E-state index in [9.17, 15) is 4.79 Å². The molecular formula is C20H25ClN6O2. The lowest BCUT2D eigenvalue weighted by atomic mass is 10.1. The largest absolute Gasteiger partial charge is 0.378 e. The third kappa shape index (κ3) is 4.95. The van der Waals surface area contributed by atoms with Gasteiger partial charge in [0.15, 0.2) is 0 Å². The fourth-order valence-electron chi connectivity index (χ4n) is 3.64. The van der Waals surface area contributed by atoms with Crippen molar-refractivity contribution in [1.29, 1.82) is 0 Å². The van der Waals surface area contributed by atoms with Crippen LogP contribution in [0, 0.1) is 0 Å². The normalized spacial score (nSPS) is 19.9. The van der Waals surface area contributed by atoms with Gasteiger partial charge in [0, 0.05) is 54.7 Å². The Morgan fingerprint density at radius 2 is 2.07 bits per heavy atom. The molecule has 0 spiro atoms. The number of benzene rings is 1. The maximum absolute atomic E-state index is 12.8. The van der Waals surface area contributed by atoms with Gasteiger partial charge in [-0.15, -0.1) is 0 Å². The van der Waals surface area contributed by atoms with Crippen LogP contribution in [-0.2, 0) is 4.74 Å². The number of halogens is 1. The Balaban J connectivity index is 1.51. The third-order valence-electron chi connectivity index (χ3n) is 5.10. The van der Waals surface area contributed by atoms with Crippen LogP contribution in [-0.4, -0.2) is 66.2 Å². The van der Waals surface area contributed by atoms with E-state index < -0.39 is 0 Å². The van der Waals surface area contributed by atoms with Crippen molar-refractivity contribution in [3.63, 3.8) is 0 Å². The van der Waals surface area contributed by atoms with Gasteiger partial charge in [-0.05, 0) is 37.1 Å². The van der Waals surface area contributed by atoms with Crippen LogP contribution in [0.1, 0.15) is 23.2 Å². The summed E-state index contributed by atoms with van der Waals surface area (Å²) in [5.41, 5.74) is 7.32. The number of piperidine rings is 1. The zero-order valence-corrected chi connectivity index (χ0v) is 16.9. The van der Waals surface area contributed by atoms with Crippen molar-refractivity contribution < 1.29 is 9.53 Å². The number of morpholine rings is 1. The zero-order chi connectivity index (χ0) is 20.2. The number of ether oxygens (including phenoxy) is 1. The van der Waals surface area contributed by atoms with Crippen molar-refractivity contribution in [3.05, 3.63) is 41.0 Å². The maximum Gasteiger partial charge on any atom is 0.254 e. The molecule has 1 aromatic heterocycles. The number of rotatable bonds is 4. The van der Waals surface area contributed by atoms with Crippen molar-refractivity contribution >= 4 is 35.0 Å². The minimum Gasteiger partial charge on any atom is -0.378 e. The van der Waals surface area contributed by atoms with Crippen molar-refractivity contribution in [2.75, 3.05) is 49.6 Å². The fourth-order valence-corrected chi connectivity index (χ4v) is 3.88. The minimum atomic E-state index is -0.0514. The van der Waals surface area contributed by atoms with E-state index in [4.69, 9.17) is 22.1 Å². The molecular weight excluding hydrogens is 392 g/mol. The molecule has 0 radical (unpaired) electrons. The van der Waals surface area contributed by atoms with Gasteiger partial charge in [-0.1, -0.05) is 11.6 Å². The summed E-state index contributed by atoms with van der Waals surface area (Å²) >= 11 is 6.28. The van der Waals surface area contributed by atoms with Crippen LogP contribution < -0.4 is 16.0 Å². The fraction of sp³-hybridized carbons (Fsp3) is 0.450. The molecule has 3 heterocycles. The molecule has 1 unspecified atom stereocenters. The first-order valence-electron chi connectivity index (χ1n) is 9.87. The molecule has 29 heavy (non-hydrogen) atoms. The van der Waals surface area contributed by atoms with E-state index in [1.807, 2.05) is 0 Å². The van der Waals surface area contributed by atoms with E-state index in [0.717, 1.165) is 25.9 Å². The van der Waals surface area contributed by atoms with E-state index in [1.165, 1.54) is 0 Å². The van der Waals surface area contributed by atoms with Crippen LogP contribution in [0.25, 0.3) is 0 Å². The molecule has 4 rings (SSSR count). The number of hydrogen-bond acceptors (Lipinski definition) is 7. The van der Waals surface area contributed by atoms with Crippen molar-refractivity contribution in [1.82, 2.24) is 14.9 Å². The van der Waals surface area contributed by atoms with Gasteiger partial charge < -0.3 is 25.6 Å². The molecule has 2 saturated heterocycles. The first kappa shape index (κ1) is 19.9. The summed E-state index contributed by atoms with van der Waals surface area (Å²) in [6, 6.07) is 7.19. The second kappa shape index (κ2) is 8.94. The molecule has 154 valence electrons. The number of hydrogen-bond donors (Lipinski definition) is 2. The number of nitrogens with zero attached hydrogens (tertiary/aromatic N) is 4. The quantitative estimate of drug-likeness (QED) is 0.789. The number of aromatic nitrogens is 2. The number of nitrogens with two attached hydrogens (primary N) is 1. The SMILES string of the molecule is NC1CCCN(c2nccc(Nc3cc(Cl)cc(C(=O)N4CCOCC4)c3)n2)C1. The molecule has 2 aliphatic rings. The molecule has 2 fully saturated rings. The van der Waals surface area contributed by atoms with Crippen LogP contribution in [0.4, 0.5) is 17.5 Å². The highest BCUT2D eigenvalue weighted by Crippen LogP contribution is 2.24. The van der Waals surface area contributed by atoms with Gasteiger partial charge in [-0.2, -0.15) is 4.98 Å². The van der Waals surface area contributed by atoms with Crippen molar-refractivity contribution in [3.8, 4) is 0 Å². The maximum atomic E-state index is 12.8. The van der Waals surface area contributed by atoms with E-state index in [0.29, 0.717) is 54.3 Å². The topological polar surface area (TPSA) is 96.6 Å².